The third-order valence-corrected chi connectivity index (χ3v) is 4.59. The first-order valence-electron chi connectivity index (χ1n) is 8.08. The topological polar surface area (TPSA) is 95.6 Å². The Balaban J connectivity index is 4.25. The molecular weight excluding hydrogens is 554 g/mol. The van der Waals surface area contributed by atoms with Crippen LogP contribution in [0.25, 0.3) is 0 Å². The molecule has 0 aliphatic heterocycles. The first-order valence-corrected chi connectivity index (χ1v) is 8.83. The van der Waals surface area contributed by atoms with E-state index < -0.39 is 82.4 Å². The van der Waals surface area contributed by atoms with Crippen LogP contribution in [0.1, 0.15) is 11.1 Å². The second-order valence-corrected chi connectivity index (χ2v) is 7.32. The van der Waals surface area contributed by atoms with Crippen LogP contribution in [0.2, 0.25) is 0 Å². The summed E-state index contributed by atoms with van der Waals surface area (Å²) in [6, 6.07) is -0.773. The molecule has 0 atom stereocenters. The molecule has 20 heteroatoms. The SMILES string of the molecule is NCC(=O)Nc1ccc(C(F)(F)C(F)(F)C(F)(F)Cl)c(B(O)O)c1C(F)(F)C(F)(F)C(F)(F)Cl. The molecule has 0 radical (unpaired) electrons. The number of halogens is 14. The lowest BCUT2D eigenvalue weighted by atomic mass is 9.69. The van der Waals surface area contributed by atoms with Crippen LogP contribution in [0.15, 0.2) is 12.1 Å². The van der Waals surface area contributed by atoms with Crippen LogP contribution in [0.4, 0.5) is 58.4 Å². The van der Waals surface area contributed by atoms with E-state index in [1.807, 2.05) is 0 Å². The van der Waals surface area contributed by atoms with E-state index in [1.54, 1.807) is 0 Å². The van der Waals surface area contributed by atoms with Crippen molar-refractivity contribution in [1.82, 2.24) is 0 Å². The normalized spacial score (nSPS) is 14.3. The number of carbonyl (C=O) groups excluding carboxylic acids is 1. The number of benzene rings is 1. The van der Waals surface area contributed by atoms with Crippen molar-refractivity contribution in [1.29, 1.82) is 0 Å². The van der Waals surface area contributed by atoms with E-state index in [4.69, 9.17) is 5.73 Å². The molecule has 0 spiro atoms. The van der Waals surface area contributed by atoms with Gasteiger partial charge in [0.2, 0.25) is 5.91 Å². The molecule has 0 fully saturated rings. The van der Waals surface area contributed by atoms with Crippen molar-refractivity contribution in [3.63, 3.8) is 0 Å². The van der Waals surface area contributed by atoms with E-state index in [0.29, 0.717) is 0 Å². The molecule has 0 saturated heterocycles. The molecule has 0 unspecified atom stereocenters. The van der Waals surface area contributed by atoms with Crippen LogP contribution in [0.3, 0.4) is 0 Å². The predicted octanol–water partition coefficient (Wildman–Crippen LogP) is 3.38. The predicted molar refractivity (Wildman–Crippen MR) is 93.2 cm³/mol. The molecule has 5 N–H and O–H groups in total. The summed E-state index contributed by atoms with van der Waals surface area (Å²) in [5.41, 5.74) is -5.66. The summed E-state index contributed by atoms with van der Waals surface area (Å²) < 4.78 is 165. The van der Waals surface area contributed by atoms with E-state index in [1.165, 1.54) is 5.32 Å². The number of nitrogens with one attached hydrogen (secondary N) is 1. The largest absolute Gasteiger partial charge is 0.489 e. The third-order valence-electron chi connectivity index (χ3n) is 4.12. The highest BCUT2D eigenvalue weighted by Gasteiger charge is 2.75. The van der Waals surface area contributed by atoms with Gasteiger partial charge in [-0.15, -0.1) is 0 Å². The van der Waals surface area contributed by atoms with Crippen LogP contribution in [-0.4, -0.2) is 52.2 Å². The average Bonchev–Trinajstić information content (AvgIpc) is 2.64. The molecule has 0 heterocycles. The van der Waals surface area contributed by atoms with Crippen LogP contribution in [-0.2, 0) is 16.6 Å². The van der Waals surface area contributed by atoms with Crippen molar-refractivity contribution in [2.45, 2.75) is 34.5 Å². The van der Waals surface area contributed by atoms with Gasteiger partial charge in [0.15, 0.2) is 0 Å². The number of amides is 1. The number of hydrogen-bond donors (Lipinski definition) is 4. The van der Waals surface area contributed by atoms with Crippen LogP contribution in [0.5, 0.6) is 0 Å². The Hall–Kier alpha value is -1.63. The van der Waals surface area contributed by atoms with Crippen molar-refractivity contribution in [2.75, 3.05) is 11.9 Å². The Morgan fingerprint density at radius 1 is 0.853 bits per heavy atom. The second-order valence-electron chi connectivity index (χ2n) is 6.37. The highest BCUT2D eigenvalue weighted by atomic mass is 35.5. The van der Waals surface area contributed by atoms with Crippen LogP contribution >= 0.6 is 23.2 Å². The highest BCUT2D eigenvalue weighted by Crippen LogP contribution is 2.56. The minimum absolute atomic E-state index is 0.295. The molecule has 5 nitrogen and oxygen atoms in total. The Bertz CT molecular complexity index is 938. The molecule has 1 rings (SSSR count). The average molecular weight is 563 g/mol. The minimum Gasteiger partial charge on any atom is -0.423 e. The Morgan fingerprint density at radius 2 is 1.26 bits per heavy atom. The zero-order valence-corrected chi connectivity index (χ0v) is 17.1. The lowest BCUT2D eigenvalue weighted by molar-refractivity contribution is -0.288. The first kappa shape index (κ1) is 30.4. The van der Waals surface area contributed by atoms with Crippen molar-refractivity contribution < 1.29 is 67.5 Å². The van der Waals surface area contributed by atoms with Gasteiger partial charge in [0.05, 0.1) is 12.1 Å². The number of hydrogen-bond acceptors (Lipinski definition) is 4. The van der Waals surface area contributed by atoms with Gasteiger partial charge in [-0.2, -0.15) is 52.7 Å². The van der Waals surface area contributed by atoms with Crippen molar-refractivity contribution in [3.05, 3.63) is 23.3 Å². The summed E-state index contributed by atoms with van der Waals surface area (Å²) in [4.78, 5) is 11.4. The van der Waals surface area contributed by atoms with Gasteiger partial charge in [-0.3, -0.25) is 4.79 Å². The number of rotatable bonds is 9. The Labute approximate surface area is 190 Å². The van der Waals surface area contributed by atoms with E-state index in [2.05, 4.69) is 23.2 Å². The number of nitrogens with two attached hydrogens (primary N) is 1. The lowest BCUT2D eigenvalue weighted by Crippen LogP contribution is -2.56. The van der Waals surface area contributed by atoms with Gasteiger partial charge in [-0.25, -0.2) is 0 Å². The quantitative estimate of drug-likeness (QED) is 0.211. The molecule has 0 aliphatic carbocycles. The van der Waals surface area contributed by atoms with Gasteiger partial charge in [-0.1, -0.05) is 6.07 Å². The molecule has 0 aliphatic rings. The Morgan fingerprint density at radius 3 is 1.62 bits per heavy atom. The van der Waals surface area contributed by atoms with Crippen molar-refractivity contribution >= 4 is 47.4 Å². The molecule has 1 aromatic rings. The van der Waals surface area contributed by atoms with Crippen LogP contribution < -0.4 is 16.5 Å². The molecule has 1 amide bonds. The smallest absolute Gasteiger partial charge is 0.423 e. The van der Waals surface area contributed by atoms with Crippen molar-refractivity contribution in [2.24, 2.45) is 5.73 Å². The molecule has 0 bridgehead atoms. The van der Waals surface area contributed by atoms with E-state index in [-0.39, 0.29) is 6.07 Å². The molecule has 194 valence electrons. The number of alkyl halides is 14. The standard InChI is InChI=1S/C14H9BCl2F12N2O3/c16-13(26,27)11(22,23)9(18,19)4-1-2-5(31-6(32)3-30)7(8(4)15(33)34)10(20,21)12(24,25)14(17,28)29/h1-2,33-34H,3,30H2,(H,31,32). The van der Waals surface area contributed by atoms with Gasteiger partial charge in [-0.05, 0) is 29.3 Å². The summed E-state index contributed by atoms with van der Waals surface area (Å²) in [5.74, 6) is -28.1. The summed E-state index contributed by atoms with van der Waals surface area (Å²) in [6.45, 7) is -1.14. The zero-order chi connectivity index (χ0) is 27.3. The molecule has 0 saturated carbocycles. The summed E-state index contributed by atoms with van der Waals surface area (Å²) in [7, 11) is -3.91. The maximum Gasteiger partial charge on any atom is 0.489 e. The van der Waals surface area contributed by atoms with Gasteiger partial charge < -0.3 is 21.1 Å². The summed E-state index contributed by atoms with van der Waals surface area (Å²) in [6.07, 6.45) is 0. The summed E-state index contributed by atoms with van der Waals surface area (Å²) in [5, 5.41) is 7.47. The van der Waals surface area contributed by atoms with Gasteiger partial charge in [0, 0.05) is 16.7 Å². The fourth-order valence-electron chi connectivity index (χ4n) is 2.49. The maximum absolute atomic E-state index is 14.6. The molecule has 1 aromatic carbocycles. The number of anilines is 1. The fraction of sp³-hybridized carbons (Fsp3) is 0.500. The van der Waals surface area contributed by atoms with E-state index >= 15 is 0 Å². The zero-order valence-electron chi connectivity index (χ0n) is 15.6. The monoisotopic (exact) mass is 562 g/mol. The second kappa shape index (κ2) is 9.11. The fourth-order valence-corrected chi connectivity index (χ4v) is 2.72. The molecule has 34 heavy (non-hydrogen) atoms. The van der Waals surface area contributed by atoms with Gasteiger partial charge in [0.1, 0.15) is 0 Å². The first-order chi connectivity index (χ1) is 14.9. The van der Waals surface area contributed by atoms with Crippen LogP contribution in [0, 0.1) is 0 Å². The third kappa shape index (κ3) is 4.87. The summed E-state index contributed by atoms with van der Waals surface area (Å²) >= 11 is 7.89. The van der Waals surface area contributed by atoms with Gasteiger partial charge >= 0.3 is 41.6 Å². The highest BCUT2D eigenvalue weighted by molar-refractivity contribution is 6.60. The maximum atomic E-state index is 14.6. The number of carbonyl (C=O) groups is 1. The van der Waals surface area contributed by atoms with Crippen molar-refractivity contribution in [3.8, 4) is 0 Å². The van der Waals surface area contributed by atoms with E-state index in [9.17, 15) is 67.5 Å². The van der Waals surface area contributed by atoms with E-state index in [0.717, 1.165) is 0 Å². The lowest BCUT2D eigenvalue weighted by Gasteiger charge is -2.35. The molecule has 0 aromatic heterocycles. The Kier molecular flexibility index (Phi) is 8.15. The molecular formula is C14H9BCl2F12N2O3. The minimum atomic E-state index is -6.79. The van der Waals surface area contributed by atoms with Gasteiger partial charge in [0.25, 0.3) is 0 Å².